The number of carbonyl (C=O) groups is 1. The molecule has 2 heterocycles. The summed E-state index contributed by atoms with van der Waals surface area (Å²) < 4.78 is 24.7. The standard InChI is InChI=1S/C21H21ClFN3O3/c22-16-8-7-15(23)11-14(16)13-28-17-5-4-6-18-20(17)21(25-29-18)24-19(27)12-26-9-2-1-3-10-26/h4-8,11H,1-3,9-10,12-13H2,(H,24,25,27). The van der Waals surface area contributed by atoms with Crippen LogP contribution in [0.25, 0.3) is 11.0 Å². The molecule has 0 saturated carbocycles. The molecule has 0 atom stereocenters. The van der Waals surface area contributed by atoms with Gasteiger partial charge in [0.25, 0.3) is 0 Å². The molecule has 1 amide bonds. The van der Waals surface area contributed by atoms with Gasteiger partial charge in [0, 0.05) is 10.6 Å². The summed E-state index contributed by atoms with van der Waals surface area (Å²) in [6, 6.07) is 9.36. The number of anilines is 1. The van der Waals surface area contributed by atoms with Crippen LogP contribution in [0, 0.1) is 5.82 Å². The number of piperidine rings is 1. The summed E-state index contributed by atoms with van der Waals surface area (Å²) in [4.78, 5) is 14.6. The second-order valence-electron chi connectivity index (χ2n) is 7.07. The van der Waals surface area contributed by atoms with Crippen LogP contribution < -0.4 is 10.1 Å². The Bertz CT molecular complexity index is 1020. The van der Waals surface area contributed by atoms with E-state index in [-0.39, 0.29) is 18.3 Å². The minimum atomic E-state index is -0.387. The molecule has 3 aromatic rings. The van der Waals surface area contributed by atoms with Crippen molar-refractivity contribution >= 4 is 34.3 Å². The van der Waals surface area contributed by atoms with Gasteiger partial charge in [-0.25, -0.2) is 4.39 Å². The number of ether oxygens (including phenoxy) is 1. The van der Waals surface area contributed by atoms with E-state index in [1.54, 1.807) is 18.2 Å². The number of benzene rings is 2. The average molecular weight is 418 g/mol. The zero-order chi connectivity index (χ0) is 20.2. The van der Waals surface area contributed by atoms with Gasteiger partial charge in [0.1, 0.15) is 23.6 Å². The third-order valence-electron chi connectivity index (χ3n) is 4.92. The zero-order valence-electron chi connectivity index (χ0n) is 15.8. The molecule has 2 aromatic carbocycles. The van der Waals surface area contributed by atoms with E-state index < -0.39 is 0 Å². The Morgan fingerprint density at radius 3 is 2.90 bits per heavy atom. The van der Waals surface area contributed by atoms with Gasteiger partial charge in [-0.1, -0.05) is 29.2 Å². The molecule has 1 fully saturated rings. The third-order valence-corrected chi connectivity index (χ3v) is 5.29. The van der Waals surface area contributed by atoms with Crippen LogP contribution >= 0.6 is 11.6 Å². The van der Waals surface area contributed by atoms with Crippen molar-refractivity contribution in [2.75, 3.05) is 25.0 Å². The van der Waals surface area contributed by atoms with Gasteiger partial charge in [-0.15, -0.1) is 0 Å². The zero-order valence-corrected chi connectivity index (χ0v) is 16.5. The molecular formula is C21H21ClFN3O3. The van der Waals surface area contributed by atoms with E-state index in [4.69, 9.17) is 20.9 Å². The molecule has 29 heavy (non-hydrogen) atoms. The molecule has 1 aromatic heterocycles. The number of fused-ring (bicyclic) bond motifs is 1. The Labute approximate surface area is 172 Å². The second kappa shape index (κ2) is 8.80. The van der Waals surface area contributed by atoms with Gasteiger partial charge in [0.15, 0.2) is 11.4 Å². The quantitative estimate of drug-likeness (QED) is 0.633. The smallest absolute Gasteiger partial charge is 0.239 e. The van der Waals surface area contributed by atoms with E-state index in [2.05, 4.69) is 15.4 Å². The first-order valence-electron chi connectivity index (χ1n) is 9.57. The number of aromatic nitrogens is 1. The molecule has 0 aliphatic carbocycles. The van der Waals surface area contributed by atoms with E-state index in [1.165, 1.54) is 24.6 Å². The maximum Gasteiger partial charge on any atom is 0.239 e. The van der Waals surface area contributed by atoms with E-state index >= 15 is 0 Å². The molecule has 0 bridgehead atoms. The van der Waals surface area contributed by atoms with Crippen LogP contribution in [0.1, 0.15) is 24.8 Å². The molecule has 8 heteroatoms. The number of halogens is 2. The molecule has 0 spiro atoms. The first-order chi connectivity index (χ1) is 14.1. The number of nitrogens with one attached hydrogen (secondary N) is 1. The van der Waals surface area contributed by atoms with Crippen LogP contribution in [0.5, 0.6) is 5.75 Å². The number of carbonyl (C=O) groups excluding carboxylic acids is 1. The highest BCUT2D eigenvalue weighted by atomic mass is 35.5. The summed E-state index contributed by atoms with van der Waals surface area (Å²) in [5.74, 6) is 0.243. The molecule has 1 N–H and O–H groups in total. The second-order valence-corrected chi connectivity index (χ2v) is 7.48. The molecule has 1 aliphatic rings. The summed E-state index contributed by atoms with van der Waals surface area (Å²) >= 11 is 6.11. The lowest BCUT2D eigenvalue weighted by molar-refractivity contribution is -0.117. The van der Waals surface area contributed by atoms with Crippen LogP contribution in [0.2, 0.25) is 5.02 Å². The van der Waals surface area contributed by atoms with E-state index in [0.29, 0.717) is 39.7 Å². The molecule has 0 unspecified atom stereocenters. The van der Waals surface area contributed by atoms with Gasteiger partial charge in [-0.2, -0.15) is 0 Å². The fourth-order valence-electron chi connectivity index (χ4n) is 3.47. The Kier molecular flexibility index (Phi) is 5.97. The van der Waals surface area contributed by atoms with Crippen molar-refractivity contribution in [3.63, 3.8) is 0 Å². The van der Waals surface area contributed by atoms with Crippen molar-refractivity contribution in [1.29, 1.82) is 0 Å². The third kappa shape index (κ3) is 4.68. The molecule has 0 radical (unpaired) electrons. The Morgan fingerprint density at radius 1 is 1.24 bits per heavy atom. The fraction of sp³-hybridized carbons (Fsp3) is 0.333. The molecule has 4 rings (SSSR count). The van der Waals surface area contributed by atoms with Gasteiger partial charge in [0.2, 0.25) is 5.91 Å². The number of nitrogens with zero attached hydrogens (tertiary/aromatic N) is 2. The van der Waals surface area contributed by atoms with Gasteiger partial charge in [-0.3, -0.25) is 9.69 Å². The van der Waals surface area contributed by atoms with Crippen molar-refractivity contribution < 1.29 is 18.4 Å². The monoisotopic (exact) mass is 417 g/mol. The highest BCUT2D eigenvalue weighted by Crippen LogP contribution is 2.33. The average Bonchev–Trinajstić information content (AvgIpc) is 3.13. The van der Waals surface area contributed by atoms with E-state index in [1.807, 2.05) is 0 Å². The predicted molar refractivity (Wildman–Crippen MR) is 109 cm³/mol. The SMILES string of the molecule is O=C(CN1CCCCC1)Nc1noc2cccc(OCc3cc(F)ccc3Cl)c12. The van der Waals surface area contributed by atoms with Crippen LogP contribution in [-0.2, 0) is 11.4 Å². The van der Waals surface area contributed by atoms with Crippen LogP contribution in [0.4, 0.5) is 10.2 Å². The Balaban J connectivity index is 1.50. The lowest BCUT2D eigenvalue weighted by Crippen LogP contribution is -2.36. The number of rotatable bonds is 6. The normalized spacial score (nSPS) is 14.8. The largest absolute Gasteiger partial charge is 0.488 e. The first kappa shape index (κ1) is 19.7. The van der Waals surface area contributed by atoms with Gasteiger partial charge in [0.05, 0.1) is 6.54 Å². The molecule has 1 saturated heterocycles. The summed E-state index contributed by atoms with van der Waals surface area (Å²) in [5, 5.41) is 7.78. The van der Waals surface area contributed by atoms with Crippen molar-refractivity contribution in [3.05, 3.63) is 52.8 Å². The molecule has 152 valence electrons. The van der Waals surface area contributed by atoms with Crippen molar-refractivity contribution in [1.82, 2.24) is 10.1 Å². The maximum atomic E-state index is 13.5. The number of amides is 1. The van der Waals surface area contributed by atoms with Gasteiger partial charge >= 0.3 is 0 Å². The van der Waals surface area contributed by atoms with Crippen LogP contribution in [0.3, 0.4) is 0 Å². The van der Waals surface area contributed by atoms with Crippen LogP contribution in [-0.4, -0.2) is 35.6 Å². The van der Waals surface area contributed by atoms with Crippen LogP contribution in [0.15, 0.2) is 40.9 Å². The summed E-state index contributed by atoms with van der Waals surface area (Å²) in [7, 11) is 0. The minimum Gasteiger partial charge on any atom is -0.488 e. The van der Waals surface area contributed by atoms with Gasteiger partial charge in [-0.05, 0) is 56.3 Å². The van der Waals surface area contributed by atoms with Crippen molar-refractivity contribution in [3.8, 4) is 5.75 Å². The predicted octanol–water partition coefficient (Wildman–Crippen LogP) is 4.62. The van der Waals surface area contributed by atoms with Gasteiger partial charge < -0.3 is 14.6 Å². The number of hydrogen-bond donors (Lipinski definition) is 1. The number of likely N-dealkylation sites (tertiary alicyclic amines) is 1. The first-order valence-corrected chi connectivity index (χ1v) is 9.95. The molecule has 6 nitrogen and oxygen atoms in total. The maximum absolute atomic E-state index is 13.5. The Morgan fingerprint density at radius 2 is 2.07 bits per heavy atom. The van der Waals surface area contributed by atoms with E-state index in [0.717, 1.165) is 25.9 Å². The Hall–Kier alpha value is -2.64. The molecule has 1 aliphatic heterocycles. The van der Waals surface area contributed by atoms with Crippen molar-refractivity contribution in [2.24, 2.45) is 0 Å². The summed E-state index contributed by atoms with van der Waals surface area (Å²) in [5.41, 5.74) is 1.01. The fourth-order valence-corrected chi connectivity index (χ4v) is 3.64. The lowest BCUT2D eigenvalue weighted by atomic mass is 10.1. The highest BCUT2D eigenvalue weighted by Gasteiger charge is 2.19. The van der Waals surface area contributed by atoms with Crippen molar-refractivity contribution in [2.45, 2.75) is 25.9 Å². The highest BCUT2D eigenvalue weighted by molar-refractivity contribution is 6.31. The molecular weight excluding hydrogens is 397 g/mol. The lowest BCUT2D eigenvalue weighted by Gasteiger charge is -2.25. The topological polar surface area (TPSA) is 67.6 Å². The number of hydrogen-bond acceptors (Lipinski definition) is 5. The summed E-state index contributed by atoms with van der Waals surface area (Å²) in [6.45, 7) is 2.24. The summed E-state index contributed by atoms with van der Waals surface area (Å²) in [6.07, 6.45) is 3.43. The van der Waals surface area contributed by atoms with E-state index in [9.17, 15) is 9.18 Å². The minimum absolute atomic E-state index is 0.0715.